The number of aliphatic imine (C=N–C) groups is 2. The number of hydrogen-bond donors (Lipinski definition) is 4. The monoisotopic (exact) mass is 328 g/mol. The smallest absolute Gasteiger partial charge is 0.326 e. The van der Waals surface area contributed by atoms with Crippen molar-refractivity contribution >= 4 is 29.7 Å². The van der Waals surface area contributed by atoms with Crippen LogP contribution >= 0.6 is 0 Å². The van der Waals surface area contributed by atoms with Crippen molar-refractivity contribution in [3.8, 4) is 0 Å². The standard InChI is InChI=1S/C13H24N6O4/c1-7(2)10(11(22)23)16-8(20)5-6-9(21)17-12(14)18-13(15)19(3)4/h7,10H,5-6H2,1-4H3,(H,16,20)(H,22,23)(H4,14,15,17,18,21). The minimum absolute atomic E-state index is 0.0815. The Morgan fingerprint density at radius 1 is 1.13 bits per heavy atom. The molecule has 0 saturated carbocycles. The van der Waals surface area contributed by atoms with Crippen molar-refractivity contribution < 1.29 is 19.5 Å². The van der Waals surface area contributed by atoms with Crippen molar-refractivity contribution in [2.24, 2.45) is 27.4 Å². The first-order valence-corrected chi connectivity index (χ1v) is 6.95. The highest BCUT2D eigenvalue weighted by molar-refractivity contribution is 5.99. The summed E-state index contributed by atoms with van der Waals surface area (Å²) < 4.78 is 0. The maximum atomic E-state index is 11.7. The van der Waals surface area contributed by atoms with Gasteiger partial charge >= 0.3 is 5.97 Å². The summed E-state index contributed by atoms with van der Waals surface area (Å²) in [5.41, 5.74) is 10.9. The first-order chi connectivity index (χ1) is 10.5. The summed E-state index contributed by atoms with van der Waals surface area (Å²) in [6, 6.07) is -1.00. The molecule has 0 rings (SSSR count). The Morgan fingerprint density at radius 2 is 1.70 bits per heavy atom. The lowest BCUT2D eigenvalue weighted by Gasteiger charge is -2.17. The van der Waals surface area contributed by atoms with Crippen molar-refractivity contribution in [1.82, 2.24) is 10.2 Å². The van der Waals surface area contributed by atoms with Gasteiger partial charge in [0.1, 0.15) is 6.04 Å². The predicted octanol–water partition coefficient (Wildman–Crippen LogP) is -1.29. The Kier molecular flexibility index (Phi) is 8.30. The number of nitrogens with two attached hydrogens (primary N) is 2. The van der Waals surface area contributed by atoms with E-state index in [4.69, 9.17) is 16.6 Å². The van der Waals surface area contributed by atoms with Gasteiger partial charge in [-0.15, -0.1) is 0 Å². The van der Waals surface area contributed by atoms with E-state index in [2.05, 4.69) is 15.3 Å². The van der Waals surface area contributed by atoms with Crippen LogP contribution in [0.1, 0.15) is 26.7 Å². The van der Waals surface area contributed by atoms with Gasteiger partial charge in [-0.3, -0.25) is 9.59 Å². The van der Waals surface area contributed by atoms with Crippen molar-refractivity contribution in [2.45, 2.75) is 32.7 Å². The number of aliphatic carboxylic acids is 1. The first-order valence-electron chi connectivity index (χ1n) is 6.95. The van der Waals surface area contributed by atoms with Crippen LogP contribution in [0.5, 0.6) is 0 Å². The Hall–Kier alpha value is -2.65. The Balaban J connectivity index is 4.52. The summed E-state index contributed by atoms with van der Waals surface area (Å²) in [4.78, 5) is 42.9. The fourth-order valence-electron chi connectivity index (χ4n) is 1.41. The number of carboxylic acid groups (broad SMARTS) is 1. The molecule has 0 spiro atoms. The third kappa shape index (κ3) is 8.39. The summed E-state index contributed by atoms with van der Waals surface area (Å²) in [6.45, 7) is 3.34. The molecule has 0 aromatic rings. The molecule has 1 unspecified atom stereocenters. The van der Waals surface area contributed by atoms with E-state index in [0.717, 1.165) is 0 Å². The number of carbonyl (C=O) groups excluding carboxylic acids is 2. The maximum Gasteiger partial charge on any atom is 0.326 e. The van der Waals surface area contributed by atoms with E-state index in [1.807, 2.05) is 0 Å². The lowest BCUT2D eigenvalue weighted by atomic mass is 10.0. The van der Waals surface area contributed by atoms with Gasteiger partial charge in [0, 0.05) is 26.9 Å². The minimum atomic E-state index is -1.13. The molecule has 0 aromatic heterocycles. The van der Waals surface area contributed by atoms with Gasteiger partial charge < -0.3 is 26.8 Å². The van der Waals surface area contributed by atoms with Gasteiger partial charge in [-0.25, -0.2) is 4.79 Å². The average Bonchev–Trinajstić information content (AvgIpc) is 2.41. The summed E-state index contributed by atoms with van der Waals surface area (Å²) in [5, 5.41) is 11.3. The quantitative estimate of drug-likeness (QED) is 0.348. The molecule has 6 N–H and O–H groups in total. The van der Waals surface area contributed by atoms with E-state index in [-0.39, 0.29) is 30.7 Å². The number of rotatable bonds is 6. The molecule has 0 saturated heterocycles. The molecular formula is C13H24N6O4. The minimum Gasteiger partial charge on any atom is -0.480 e. The van der Waals surface area contributed by atoms with Crippen LogP contribution in [0.3, 0.4) is 0 Å². The predicted molar refractivity (Wildman–Crippen MR) is 85.6 cm³/mol. The van der Waals surface area contributed by atoms with Crippen LogP contribution in [0.4, 0.5) is 0 Å². The molecule has 1 atom stereocenters. The van der Waals surface area contributed by atoms with E-state index < -0.39 is 23.8 Å². The average molecular weight is 328 g/mol. The van der Waals surface area contributed by atoms with Crippen LogP contribution in [0, 0.1) is 5.92 Å². The second-order valence-electron chi connectivity index (χ2n) is 5.36. The van der Waals surface area contributed by atoms with Crippen molar-refractivity contribution in [2.75, 3.05) is 14.1 Å². The third-order valence-electron chi connectivity index (χ3n) is 2.74. The SMILES string of the molecule is CC(C)C(NC(=O)CCC(=O)N=C(N)N=C(N)N(C)C)C(=O)O. The fourth-order valence-corrected chi connectivity index (χ4v) is 1.41. The Bertz CT molecular complexity index is 513. The number of nitrogens with zero attached hydrogens (tertiary/aromatic N) is 3. The molecule has 0 aliphatic carbocycles. The Labute approximate surface area is 134 Å². The van der Waals surface area contributed by atoms with E-state index in [1.54, 1.807) is 27.9 Å². The number of hydrogen-bond acceptors (Lipinski definition) is 3. The van der Waals surface area contributed by atoms with Crippen LogP contribution in [-0.4, -0.2) is 59.8 Å². The second-order valence-corrected chi connectivity index (χ2v) is 5.36. The number of carboxylic acids is 1. The molecule has 0 aromatic carbocycles. The number of amides is 2. The molecule has 0 bridgehead atoms. The van der Waals surface area contributed by atoms with Crippen LogP contribution in [0.2, 0.25) is 0 Å². The largest absolute Gasteiger partial charge is 0.480 e. The summed E-state index contributed by atoms with van der Waals surface area (Å²) in [7, 11) is 3.29. The van der Waals surface area contributed by atoms with Gasteiger partial charge in [0.25, 0.3) is 0 Å². The summed E-state index contributed by atoms with van der Waals surface area (Å²) in [5.74, 6) is -2.83. The zero-order valence-electron chi connectivity index (χ0n) is 13.7. The maximum absolute atomic E-state index is 11.7. The van der Waals surface area contributed by atoms with Gasteiger partial charge in [0.15, 0.2) is 5.96 Å². The van der Waals surface area contributed by atoms with E-state index >= 15 is 0 Å². The molecule has 2 amide bonds. The molecule has 0 radical (unpaired) electrons. The topological polar surface area (TPSA) is 163 Å². The number of guanidine groups is 2. The van der Waals surface area contributed by atoms with Gasteiger partial charge in [-0.05, 0) is 5.92 Å². The van der Waals surface area contributed by atoms with Crippen molar-refractivity contribution in [3.63, 3.8) is 0 Å². The molecule has 10 heteroatoms. The van der Waals surface area contributed by atoms with Crippen molar-refractivity contribution in [1.29, 1.82) is 0 Å². The molecule has 0 fully saturated rings. The molecule has 0 aliphatic rings. The molecule has 0 heterocycles. The van der Waals surface area contributed by atoms with Crippen LogP contribution in [-0.2, 0) is 14.4 Å². The van der Waals surface area contributed by atoms with Gasteiger partial charge in [0.2, 0.25) is 17.8 Å². The highest BCUT2D eigenvalue weighted by Gasteiger charge is 2.23. The van der Waals surface area contributed by atoms with Crippen LogP contribution < -0.4 is 16.8 Å². The normalized spacial score (nSPS) is 13.6. The second kappa shape index (κ2) is 9.38. The molecule has 130 valence electrons. The number of carbonyl (C=O) groups is 3. The third-order valence-corrected chi connectivity index (χ3v) is 2.74. The highest BCUT2D eigenvalue weighted by atomic mass is 16.4. The van der Waals surface area contributed by atoms with Crippen molar-refractivity contribution in [3.05, 3.63) is 0 Å². The van der Waals surface area contributed by atoms with E-state index in [9.17, 15) is 14.4 Å². The molecular weight excluding hydrogens is 304 g/mol. The van der Waals surface area contributed by atoms with Gasteiger partial charge in [-0.1, -0.05) is 13.8 Å². The lowest BCUT2D eigenvalue weighted by molar-refractivity contribution is -0.143. The van der Waals surface area contributed by atoms with E-state index in [1.165, 1.54) is 4.90 Å². The molecule has 23 heavy (non-hydrogen) atoms. The van der Waals surface area contributed by atoms with Gasteiger partial charge in [-0.2, -0.15) is 9.98 Å². The zero-order valence-corrected chi connectivity index (χ0v) is 13.7. The molecule has 0 aliphatic heterocycles. The number of nitrogens with one attached hydrogen (secondary N) is 1. The summed E-state index contributed by atoms with van der Waals surface area (Å²) >= 11 is 0. The molecule has 10 nitrogen and oxygen atoms in total. The highest BCUT2D eigenvalue weighted by Crippen LogP contribution is 2.03. The lowest BCUT2D eigenvalue weighted by Crippen LogP contribution is -2.44. The zero-order chi connectivity index (χ0) is 18.2. The van der Waals surface area contributed by atoms with Gasteiger partial charge in [0.05, 0.1) is 0 Å². The Morgan fingerprint density at radius 3 is 2.13 bits per heavy atom. The van der Waals surface area contributed by atoms with Crippen LogP contribution in [0.25, 0.3) is 0 Å². The summed E-state index contributed by atoms with van der Waals surface area (Å²) in [6.07, 6.45) is -0.409. The fraction of sp³-hybridized carbons (Fsp3) is 0.615. The first kappa shape index (κ1) is 20.3. The van der Waals surface area contributed by atoms with E-state index in [0.29, 0.717) is 0 Å². The van der Waals surface area contributed by atoms with Crippen LogP contribution in [0.15, 0.2) is 9.98 Å².